The monoisotopic (exact) mass is 319 g/mol. The molecule has 0 aromatic carbocycles. The first-order valence-corrected chi connectivity index (χ1v) is 8.63. The molecule has 0 unspecified atom stereocenters. The van der Waals surface area contributed by atoms with E-state index in [-0.39, 0.29) is 11.8 Å². The van der Waals surface area contributed by atoms with Crippen LogP contribution >= 0.6 is 0 Å². The molecule has 2 amide bonds. The van der Waals surface area contributed by atoms with Crippen molar-refractivity contribution < 1.29 is 9.59 Å². The molecule has 0 aliphatic heterocycles. The van der Waals surface area contributed by atoms with Gasteiger partial charge in [0.2, 0.25) is 11.8 Å². The van der Waals surface area contributed by atoms with Gasteiger partial charge in [0.1, 0.15) is 5.82 Å². The molecule has 0 aliphatic carbocycles. The summed E-state index contributed by atoms with van der Waals surface area (Å²) in [5.74, 6) is 1.03. The van der Waals surface area contributed by atoms with Crippen molar-refractivity contribution in [2.45, 2.75) is 58.8 Å². The lowest BCUT2D eigenvalue weighted by Crippen LogP contribution is -2.29. The summed E-state index contributed by atoms with van der Waals surface area (Å²) in [6.45, 7) is 5.09. The summed E-state index contributed by atoms with van der Waals surface area (Å²) < 4.78 is 0. The number of aromatic nitrogens is 1. The van der Waals surface area contributed by atoms with Crippen molar-refractivity contribution in [3.63, 3.8) is 0 Å². The first-order chi connectivity index (χ1) is 11.2. The van der Waals surface area contributed by atoms with Crippen LogP contribution in [0.25, 0.3) is 0 Å². The van der Waals surface area contributed by atoms with Crippen LogP contribution in [0.2, 0.25) is 0 Å². The topological polar surface area (TPSA) is 71.1 Å². The lowest BCUT2D eigenvalue weighted by molar-refractivity contribution is -0.121. The predicted octanol–water partition coefficient (Wildman–Crippen LogP) is 3.52. The number of unbranched alkanes of at least 4 members (excludes halogenated alkanes) is 1. The number of rotatable bonds is 11. The molecule has 0 saturated carbocycles. The lowest BCUT2D eigenvalue weighted by Gasteiger charge is -2.15. The molecular formula is C18H29N3O2. The van der Waals surface area contributed by atoms with Crippen LogP contribution in [-0.4, -0.2) is 23.3 Å². The van der Waals surface area contributed by atoms with Crippen molar-refractivity contribution in [3.8, 4) is 0 Å². The standard InChI is InChI=1S/C18H29N3O2/c1-3-5-9-15(4-2)14-20-17(22)11-8-12-18(23)21-16-10-6-7-13-19-16/h6-7,10,13,15H,3-5,8-9,11-12,14H2,1-2H3,(H,20,22)(H,19,21,23)/t15-/m0/s1. The van der Waals surface area contributed by atoms with E-state index in [9.17, 15) is 9.59 Å². The van der Waals surface area contributed by atoms with Crippen molar-refractivity contribution in [3.05, 3.63) is 24.4 Å². The van der Waals surface area contributed by atoms with Crippen LogP contribution in [0.1, 0.15) is 58.8 Å². The Morgan fingerprint density at radius 2 is 1.91 bits per heavy atom. The average Bonchev–Trinajstić information content (AvgIpc) is 2.56. The average molecular weight is 319 g/mol. The fourth-order valence-corrected chi connectivity index (χ4v) is 2.34. The molecule has 1 aromatic rings. The summed E-state index contributed by atoms with van der Waals surface area (Å²) in [6.07, 6.45) is 7.56. The molecule has 2 N–H and O–H groups in total. The molecule has 1 atom stereocenters. The molecule has 1 heterocycles. The van der Waals surface area contributed by atoms with Gasteiger partial charge in [-0.2, -0.15) is 0 Å². The Labute approximate surface area is 139 Å². The highest BCUT2D eigenvalue weighted by Gasteiger charge is 2.09. The van der Waals surface area contributed by atoms with Crippen LogP contribution in [0.4, 0.5) is 5.82 Å². The van der Waals surface area contributed by atoms with E-state index in [4.69, 9.17) is 0 Å². The van der Waals surface area contributed by atoms with Crippen LogP contribution in [0.15, 0.2) is 24.4 Å². The molecule has 23 heavy (non-hydrogen) atoms. The molecule has 0 bridgehead atoms. The smallest absolute Gasteiger partial charge is 0.225 e. The molecular weight excluding hydrogens is 290 g/mol. The molecule has 1 rings (SSSR count). The van der Waals surface area contributed by atoms with Crippen molar-refractivity contribution >= 4 is 17.6 Å². The van der Waals surface area contributed by atoms with Crippen molar-refractivity contribution in [2.24, 2.45) is 5.92 Å². The molecule has 0 radical (unpaired) electrons. The Morgan fingerprint density at radius 3 is 2.57 bits per heavy atom. The Morgan fingerprint density at radius 1 is 1.13 bits per heavy atom. The number of carbonyl (C=O) groups excluding carboxylic acids is 2. The minimum Gasteiger partial charge on any atom is -0.356 e. The molecule has 0 spiro atoms. The van der Waals surface area contributed by atoms with E-state index in [1.165, 1.54) is 19.3 Å². The minimum absolute atomic E-state index is 0.0329. The fourth-order valence-electron chi connectivity index (χ4n) is 2.34. The van der Waals surface area contributed by atoms with E-state index < -0.39 is 0 Å². The predicted molar refractivity (Wildman–Crippen MR) is 93.0 cm³/mol. The fraction of sp³-hybridized carbons (Fsp3) is 0.611. The quantitative estimate of drug-likeness (QED) is 0.655. The second-order valence-electron chi connectivity index (χ2n) is 5.84. The maximum atomic E-state index is 11.8. The van der Waals surface area contributed by atoms with Gasteiger partial charge in [0.05, 0.1) is 0 Å². The zero-order chi connectivity index (χ0) is 16.9. The van der Waals surface area contributed by atoms with Gasteiger partial charge in [0, 0.05) is 25.6 Å². The summed E-state index contributed by atoms with van der Waals surface area (Å²) in [5.41, 5.74) is 0. The first kappa shape index (κ1) is 19.1. The molecule has 0 saturated heterocycles. The van der Waals surface area contributed by atoms with E-state index in [0.717, 1.165) is 13.0 Å². The van der Waals surface area contributed by atoms with E-state index in [1.54, 1.807) is 18.3 Å². The van der Waals surface area contributed by atoms with Gasteiger partial charge in [0.25, 0.3) is 0 Å². The molecule has 1 aromatic heterocycles. The molecule has 128 valence electrons. The van der Waals surface area contributed by atoms with Gasteiger partial charge in [0.15, 0.2) is 0 Å². The van der Waals surface area contributed by atoms with Crippen molar-refractivity contribution in [1.29, 1.82) is 0 Å². The first-order valence-electron chi connectivity index (χ1n) is 8.63. The molecule has 5 nitrogen and oxygen atoms in total. The largest absolute Gasteiger partial charge is 0.356 e. The molecule has 5 heteroatoms. The second kappa shape index (κ2) is 11.6. The number of hydrogen-bond donors (Lipinski definition) is 2. The Kier molecular flexibility index (Phi) is 9.68. The lowest BCUT2D eigenvalue weighted by atomic mass is 9.99. The highest BCUT2D eigenvalue weighted by atomic mass is 16.2. The van der Waals surface area contributed by atoms with Gasteiger partial charge in [-0.05, 0) is 30.9 Å². The van der Waals surface area contributed by atoms with E-state index in [1.807, 2.05) is 6.07 Å². The van der Waals surface area contributed by atoms with Crippen molar-refractivity contribution in [1.82, 2.24) is 10.3 Å². The van der Waals surface area contributed by atoms with Gasteiger partial charge in [-0.25, -0.2) is 4.98 Å². The zero-order valence-electron chi connectivity index (χ0n) is 14.3. The van der Waals surface area contributed by atoms with Crippen LogP contribution in [0.5, 0.6) is 0 Å². The number of amides is 2. The Balaban J connectivity index is 2.14. The summed E-state index contributed by atoms with van der Waals surface area (Å²) >= 11 is 0. The number of carbonyl (C=O) groups is 2. The van der Waals surface area contributed by atoms with Gasteiger partial charge in [-0.15, -0.1) is 0 Å². The number of nitrogens with zero attached hydrogens (tertiary/aromatic N) is 1. The number of anilines is 1. The molecule has 0 aliphatic rings. The normalized spacial score (nSPS) is 11.7. The van der Waals surface area contributed by atoms with E-state index in [2.05, 4.69) is 29.5 Å². The summed E-state index contributed by atoms with van der Waals surface area (Å²) in [7, 11) is 0. The van der Waals surface area contributed by atoms with Gasteiger partial charge in [-0.1, -0.05) is 39.2 Å². The number of pyridine rings is 1. The van der Waals surface area contributed by atoms with Crippen LogP contribution in [-0.2, 0) is 9.59 Å². The third-order valence-electron chi connectivity index (χ3n) is 3.87. The Hall–Kier alpha value is -1.91. The maximum absolute atomic E-state index is 11.8. The number of nitrogens with one attached hydrogen (secondary N) is 2. The van der Waals surface area contributed by atoms with Crippen molar-refractivity contribution in [2.75, 3.05) is 11.9 Å². The van der Waals surface area contributed by atoms with E-state index in [0.29, 0.717) is 31.0 Å². The third-order valence-corrected chi connectivity index (χ3v) is 3.87. The maximum Gasteiger partial charge on any atom is 0.225 e. The summed E-state index contributed by atoms with van der Waals surface area (Å²) in [6, 6.07) is 5.36. The molecule has 0 fully saturated rings. The van der Waals surface area contributed by atoms with Gasteiger partial charge < -0.3 is 10.6 Å². The third kappa shape index (κ3) is 8.96. The second-order valence-corrected chi connectivity index (χ2v) is 5.84. The van der Waals surface area contributed by atoms with Crippen LogP contribution in [0.3, 0.4) is 0 Å². The van der Waals surface area contributed by atoms with Gasteiger partial charge >= 0.3 is 0 Å². The van der Waals surface area contributed by atoms with Gasteiger partial charge in [-0.3, -0.25) is 9.59 Å². The highest BCUT2D eigenvalue weighted by Crippen LogP contribution is 2.11. The summed E-state index contributed by atoms with van der Waals surface area (Å²) in [4.78, 5) is 27.6. The SMILES string of the molecule is CCCC[C@H](CC)CNC(=O)CCCC(=O)Nc1ccccn1. The summed E-state index contributed by atoms with van der Waals surface area (Å²) in [5, 5.41) is 5.70. The van der Waals surface area contributed by atoms with Crippen LogP contribution < -0.4 is 10.6 Å². The van der Waals surface area contributed by atoms with E-state index >= 15 is 0 Å². The number of hydrogen-bond acceptors (Lipinski definition) is 3. The Bertz CT molecular complexity index is 463. The zero-order valence-corrected chi connectivity index (χ0v) is 14.3. The minimum atomic E-state index is -0.106. The van der Waals surface area contributed by atoms with Crippen LogP contribution in [0, 0.1) is 5.92 Å². The highest BCUT2D eigenvalue weighted by molar-refractivity contribution is 5.90.